The summed E-state index contributed by atoms with van der Waals surface area (Å²) < 4.78 is 66.6. The third-order valence-corrected chi connectivity index (χ3v) is 7.57. The molecule has 3 rings (SSSR count). The van der Waals surface area contributed by atoms with Crippen LogP contribution in [0.2, 0.25) is 0 Å². The zero-order valence-electron chi connectivity index (χ0n) is 16.7. The predicted octanol–water partition coefficient (Wildman–Crippen LogP) is 3.24. The molecule has 2 heterocycles. The van der Waals surface area contributed by atoms with Crippen molar-refractivity contribution in [2.75, 3.05) is 31.1 Å². The zero-order valence-corrected chi connectivity index (χ0v) is 17.5. The molecule has 0 saturated carbocycles. The Morgan fingerprint density at radius 3 is 1.97 bits per heavy atom. The number of nitrogens with zero attached hydrogens (tertiary/aromatic N) is 4. The summed E-state index contributed by atoms with van der Waals surface area (Å²) in [4.78, 5) is 9.15. The van der Waals surface area contributed by atoms with Gasteiger partial charge >= 0.3 is 6.18 Å². The van der Waals surface area contributed by atoms with Crippen LogP contribution in [0.5, 0.6) is 0 Å². The van der Waals surface area contributed by atoms with Gasteiger partial charge in [0, 0.05) is 32.2 Å². The van der Waals surface area contributed by atoms with E-state index in [0.29, 0.717) is 4.90 Å². The van der Waals surface area contributed by atoms with E-state index in [0.717, 1.165) is 34.6 Å². The molecule has 1 aliphatic rings. The smallest absolute Gasteiger partial charge is 0.354 e. The van der Waals surface area contributed by atoms with Crippen molar-refractivity contribution in [3.05, 3.63) is 46.4 Å². The minimum absolute atomic E-state index is 0.142. The minimum Gasteiger partial charge on any atom is -0.354 e. The summed E-state index contributed by atoms with van der Waals surface area (Å²) in [6.45, 7) is 8.18. The first-order chi connectivity index (χ1) is 13.4. The Morgan fingerprint density at radius 1 is 0.897 bits per heavy atom. The van der Waals surface area contributed by atoms with Crippen LogP contribution in [0.4, 0.5) is 19.0 Å². The molecule has 0 aliphatic carbocycles. The Kier molecular flexibility index (Phi) is 5.61. The Bertz CT molecular complexity index is 1000. The summed E-state index contributed by atoms with van der Waals surface area (Å²) in [5.41, 5.74) is 2.25. The van der Waals surface area contributed by atoms with Gasteiger partial charge in [0.1, 0.15) is 17.8 Å². The van der Waals surface area contributed by atoms with Crippen LogP contribution in [0.1, 0.15) is 27.9 Å². The summed E-state index contributed by atoms with van der Waals surface area (Å²) in [5, 5.41) is 0. The maximum absolute atomic E-state index is 13.3. The molecular formula is C19H23F3N4O2S. The van der Waals surface area contributed by atoms with Crippen molar-refractivity contribution in [1.29, 1.82) is 0 Å². The van der Waals surface area contributed by atoms with Crippen molar-refractivity contribution >= 4 is 15.8 Å². The lowest BCUT2D eigenvalue weighted by Gasteiger charge is -2.35. The summed E-state index contributed by atoms with van der Waals surface area (Å²) >= 11 is 0. The fourth-order valence-electron chi connectivity index (χ4n) is 3.53. The fraction of sp³-hybridized carbons (Fsp3) is 0.474. The van der Waals surface area contributed by atoms with Gasteiger partial charge in [-0.1, -0.05) is 6.07 Å². The normalized spacial score (nSPS) is 16.3. The lowest BCUT2D eigenvalue weighted by Crippen LogP contribution is -2.49. The van der Waals surface area contributed by atoms with Crippen LogP contribution in [0.25, 0.3) is 0 Å². The number of rotatable bonds is 3. The van der Waals surface area contributed by atoms with Crippen molar-refractivity contribution < 1.29 is 21.6 Å². The van der Waals surface area contributed by atoms with Gasteiger partial charge in [0.15, 0.2) is 0 Å². The van der Waals surface area contributed by atoms with Crippen molar-refractivity contribution in [2.24, 2.45) is 0 Å². The van der Waals surface area contributed by atoms with Crippen molar-refractivity contribution in [3.8, 4) is 0 Å². The monoisotopic (exact) mass is 428 g/mol. The number of benzene rings is 1. The van der Waals surface area contributed by atoms with Gasteiger partial charge in [-0.3, -0.25) is 0 Å². The first-order valence-corrected chi connectivity index (χ1v) is 10.6. The fourth-order valence-corrected chi connectivity index (χ4v) is 5.53. The molecule has 1 aromatic heterocycles. The van der Waals surface area contributed by atoms with Crippen molar-refractivity contribution in [2.45, 2.75) is 38.8 Å². The zero-order chi connectivity index (χ0) is 21.6. The maximum Gasteiger partial charge on any atom is 0.433 e. The third-order valence-electron chi connectivity index (χ3n) is 5.40. The molecule has 1 saturated heterocycles. The average Bonchev–Trinajstić information content (AvgIpc) is 2.66. The molecule has 6 nitrogen and oxygen atoms in total. The number of anilines is 1. The molecule has 0 bridgehead atoms. The SMILES string of the molecule is Cc1cc(C)c(C)c(S(=O)(=O)N2CCN(c3cc(C(F)(F)F)ncn3)CC2)c1C. The van der Waals surface area contributed by atoms with Crippen LogP contribution >= 0.6 is 0 Å². The van der Waals surface area contributed by atoms with Crippen LogP contribution in [-0.2, 0) is 16.2 Å². The number of halogens is 3. The number of alkyl halides is 3. The van der Waals surface area contributed by atoms with Gasteiger partial charge in [0.2, 0.25) is 10.0 Å². The Hall–Kier alpha value is -2.20. The molecule has 0 radical (unpaired) electrons. The van der Waals surface area contributed by atoms with E-state index in [1.807, 2.05) is 19.9 Å². The molecule has 158 valence electrons. The van der Waals surface area contributed by atoms with E-state index < -0.39 is 21.9 Å². The molecule has 1 aromatic carbocycles. The molecule has 0 atom stereocenters. The summed E-state index contributed by atoms with van der Waals surface area (Å²) in [6.07, 6.45) is -3.68. The van der Waals surface area contributed by atoms with Gasteiger partial charge in [-0.15, -0.1) is 0 Å². The maximum atomic E-state index is 13.3. The van der Waals surface area contributed by atoms with Crippen LogP contribution in [0.15, 0.2) is 23.4 Å². The van der Waals surface area contributed by atoms with Crippen molar-refractivity contribution in [3.63, 3.8) is 0 Å². The Balaban J connectivity index is 1.83. The second kappa shape index (κ2) is 7.56. The van der Waals surface area contributed by atoms with Crippen LogP contribution in [-0.4, -0.2) is 48.9 Å². The molecule has 0 unspecified atom stereocenters. The molecular weight excluding hydrogens is 405 g/mol. The number of hydrogen-bond acceptors (Lipinski definition) is 5. The molecule has 0 spiro atoms. The first-order valence-electron chi connectivity index (χ1n) is 9.14. The van der Waals surface area contributed by atoms with Crippen LogP contribution in [0.3, 0.4) is 0 Å². The molecule has 10 heteroatoms. The van der Waals surface area contributed by atoms with Gasteiger partial charge in [-0.05, 0) is 49.9 Å². The minimum atomic E-state index is -4.55. The third kappa shape index (κ3) is 4.09. The predicted molar refractivity (Wildman–Crippen MR) is 103 cm³/mol. The van der Waals surface area contributed by atoms with Crippen molar-refractivity contribution in [1.82, 2.24) is 14.3 Å². The van der Waals surface area contributed by atoms with E-state index in [4.69, 9.17) is 0 Å². The molecule has 2 aromatic rings. The largest absolute Gasteiger partial charge is 0.433 e. The van der Waals surface area contributed by atoms with E-state index in [-0.39, 0.29) is 32.0 Å². The number of aryl methyl sites for hydroxylation is 2. The quantitative estimate of drug-likeness (QED) is 0.751. The molecule has 0 amide bonds. The second-order valence-electron chi connectivity index (χ2n) is 7.24. The van der Waals surface area contributed by atoms with Gasteiger partial charge in [-0.25, -0.2) is 18.4 Å². The van der Waals surface area contributed by atoms with Gasteiger partial charge in [0.05, 0.1) is 4.90 Å². The lowest BCUT2D eigenvalue weighted by molar-refractivity contribution is -0.141. The highest BCUT2D eigenvalue weighted by Crippen LogP contribution is 2.31. The van der Waals surface area contributed by atoms with Gasteiger partial charge in [0.25, 0.3) is 0 Å². The van der Waals surface area contributed by atoms with E-state index in [9.17, 15) is 21.6 Å². The molecule has 1 aliphatic heterocycles. The lowest BCUT2D eigenvalue weighted by atomic mass is 10.0. The molecule has 1 fully saturated rings. The second-order valence-corrected chi connectivity index (χ2v) is 9.11. The van der Waals surface area contributed by atoms with E-state index in [1.54, 1.807) is 18.7 Å². The van der Waals surface area contributed by atoms with Gasteiger partial charge in [-0.2, -0.15) is 17.5 Å². The summed E-state index contributed by atoms with van der Waals surface area (Å²) in [7, 11) is -3.71. The topological polar surface area (TPSA) is 66.4 Å². The highest BCUT2D eigenvalue weighted by atomic mass is 32.2. The standard InChI is InChI=1S/C19H23F3N4O2S/c1-12-9-13(2)15(4)18(14(12)3)29(27,28)26-7-5-25(6-8-26)17-10-16(19(20,21)22)23-11-24-17/h9-11H,5-8H2,1-4H3. The molecule has 0 N–H and O–H groups in total. The van der Waals surface area contributed by atoms with E-state index >= 15 is 0 Å². The number of hydrogen-bond donors (Lipinski definition) is 0. The highest BCUT2D eigenvalue weighted by Gasteiger charge is 2.35. The number of aromatic nitrogens is 2. The first kappa shape index (κ1) is 21.5. The number of piperazine rings is 1. The van der Waals surface area contributed by atoms with Gasteiger partial charge < -0.3 is 4.90 Å². The van der Waals surface area contributed by atoms with E-state index in [2.05, 4.69) is 9.97 Å². The average molecular weight is 428 g/mol. The highest BCUT2D eigenvalue weighted by molar-refractivity contribution is 7.89. The number of sulfonamides is 1. The molecule has 29 heavy (non-hydrogen) atoms. The Labute approximate surface area is 168 Å². The summed E-state index contributed by atoms with van der Waals surface area (Å²) in [5.74, 6) is 0.142. The van der Waals surface area contributed by atoms with Crippen LogP contribution < -0.4 is 4.90 Å². The van der Waals surface area contributed by atoms with Crippen LogP contribution in [0, 0.1) is 27.7 Å². The van der Waals surface area contributed by atoms with E-state index in [1.165, 1.54) is 4.31 Å². The summed E-state index contributed by atoms with van der Waals surface area (Å²) in [6, 6.07) is 2.86. The Morgan fingerprint density at radius 2 is 1.45 bits per heavy atom.